The molecule has 0 heterocycles. The lowest BCUT2D eigenvalue weighted by atomic mass is 10.0. The number of rotatable bonds is 8. The molecule has 0 fully saturated rings. The van der Waals surface area contributed by atoms with Gasteiger partial charge in [-0.05, 0) is 33.6 Å². The molecule has 0 amide bonds. The lowest BCUT2D eigenvalue weighted by Gasteiger charge is -2.19. The molecule has 2 nitrogen and oxygen atoms in total. The zero-order valence-electron chi connectivity index (χ0n) is 11.2. The lowest BCUT2D eigenvalue weighted by molar-refractivity contribution is -0.00483. The zero-order valence-corrected chi connectivity index (χ0v) is 11.2. The second-order valence-corrected chi connectivity index (χ2v) is 5.13. The van der Waals surface area contributed by atoms with Crippen molar-refractivity contribution in [3.05, 3.63) is 0 Å². The maximum Gasteiger partial charge on any atom is 0.0600 e. The fourth-order valence-electron chi connectivity index (χ4n) is 1.46. The molecule has 0 aliphatic carbocycles. The third-order valence-corrected chi connectivity index (χ3v) is 2.34. The number of hydrogen-bond donors (Lipinski definition) is 0. The van der Waals surface area contributed by atoms with Crippen LogP contribution in [0.3, 0.4) is 0 Å². The SMILES string of the molecule is C#C[C@H](CCCCCOC(C)(C)C)COC. The highest BCUT2D eigenvalue weighted by atomic mass is 16.5. The zero-order chi connectivity index (χ0) is 12.4. The van der Waals surface area contributed by atoms with E-state index in [2.05, 4.69) is 26.7 Å². The average Bonchev–Trinajstić information content (AvgIpc) is 2.20. The second kappa shape index (κ2) is 8.61. The van der Waals surface area contributed by atoms with Crippen LogP contribution in [0.2, 0.25) is 0 Å². The smallest absolute Gasteiger partial charge is 0.0600 e. The first-order chi connectivity index (χ1) is 7.49. The van der Waals surface area contributed by atoms with Crippen LogP contribution in [0.1, 0.15) is 46.5 Å². The molecule has 2 heteroatoms. The highest BCUT2D eigenvalue weighted by Crippen LogP contribution is 2.12. The minimum Gasteiger partial charge on any atom is -0.383 e. The maximum atomic E-state index is 5.65. The Bertz CT molecular complexity index is 198. The maximum absolute atomic E-state index is 5.65. The summed E-state index contributed by atoms with van der Waals surface area (Å²) >= 11 is 0. The fraction of sp³-hybridized carbons (Fsp3) is 0.857. The number of terminal acetylenes is 1. The summed E-state index contributed by atoms with van der Waals surface area (Å²) in [6.07, 6.45) is 9.91. The van der Waals surface area contributed by atoms with Gasteiger partial charge >= 0.3 is 0 Å². The van der Waals surface area contributed by atoms with Crippen molar-refractivity contribution in [3.63, 3.8) is 0 Å². The summed E-state index contributed by atoms with van der Waals surface area (Å²) in [6, 6.07) is 0. The Morgan fingerprint density at radius 2 is 1.88 bits per heavy atom. The van der Waals surface area contributed by atoms with Crippen LogP contribution < -0.4 is 0 Å². The first-order valence-electron chi connectivity index (χ1n) is 6.08. The molecule has 0 aromatic carbocycles. The van der Waals surface area contributed by atoms with Gasteiger partial charge in [0.25, 0.3) is 0 Å². The second-order valence-electron chi connectivity index (χ2n) is 5.13. The summed E-state index contributed by atoms with van der Waals surface area (Å²) < 4.78 is 10.7. The molecule has 94 valence electrons. The minimum atomic E-state index is -0.0165. The van der Waals surface area contributed by atoms with Gasteiger partial charge in [0.1, 0.15) is 0 Å². The van der Waals surface area contributed by atoms with Crippen LogP contribution in [0.4, 0.5) is 0 Å². The Hall–Kier alpha value is -0.520. The van der Waals surface area contributed by atoms with Gasteiger partial charge in [0, 0.05) is 19.6 Å². The molecular weight excluding hydrogens is 200 g/mol. The van der Waals surface area contributed by atoms with Crippen molar-refractivity contribution >= 4 is 0 Å². The van der Waals surface area contributed by atoms with Crippen molar-refractivity contribution in [2.45, 2.75) is 52.1 Å². The molecule has 0 bridgehead atoms. The molecule has 0 unspecified atom stereocenters. The number of unbranched alkanes of at least 4 members (excludes halogenated alkanes) is 2. The quantitative estimate of drug-likeness (QED) is 0.467. The molecule has 16 heavy (non-hydrogen) atoms. The largest absolute Gasteiger partial charge is 0.383 e. The van der Waals surface area contributed by atoms with Crippen LogP contribution in [-0.4, -0.2) is 25.9 Å². The van der Waals surface area contributed by atoms with Crippen LogP contribution in [0.25, 0.3) is 0 Å². The Balaban J connectivity index is 3.36. The summed E-state index contributed by atoms with van der Waals surface area (Å²) in [5.74, 6) is 3.03. The lowest BCUT2D eigenvalue weighted by Crippen LogP contribution is -2.19. The van der Waals surface area contributed by atoms with E-state index in [1.807, 2.05) is 0 Å². The first kappa shape index (κ1) is 15.5. The molecule has 0 N–H and O–H groups in total. The van der Waals surface area contributed by atoms with Gasteiger partial charge in [-0.2, -0.15) is 0 Å². The van der Waals surface area contributed by atoms with E-state index in [0.29, 0.717) is 6.61 Å². The standard InChI is InChI=1S/C14H26O2/c1-6-13(12-15-5)10-8-7-9-11-16-14(2,3)4/h1,13H,7-12H2,2-5H3/t13-/m1/s1. The Morgan fingerprint density at radius 3 is 2.38 bits per heavy atom. The van der Waals surface area contributed by atoms with Crippen LogP contribution >= 0.6 is 0 Å². The molecule has 0 aliphatic rings. The summed E-state index contributed by atoms with van der Waals surface area (Å²) in [4.78, 5) is 0. The van der Waals surface area contributed by atoms with Crippen molar-refractivity contribution < 1.29 is 9.47 Å². The van der Waals surface area contributed by atoms with Gasteiger partial charge < -0.3 is 9.47 Å². The summed E-state index contributed by atoms with van der Waals surface area (Å²) in [5, 5.41) is 0. The van der Waals surface area contributed by atoms with Gasteiger partial charge in [-0.3, -0.25) is 0 Å². The molecule has 0 radical (unpaired) electrons. The summed E-state index contributed by atoms with van der Waals surface area (Å²) in [5.41, 5.74) is -0.0165. The minimum absolute atomic E-state index is 0.0165. The van der Waals surface area contributed by atoms with Crippen molar-refractivity contribution in [3.8, 4) is 12.3 Å². The average molecular weight is 226 g/mol. The summed E-state index contributed by atoms with van der Waals surface area (Å²) in [7, 11) is 1.70. The van der Waals surface area contributed by atoms with Crippen molar-refractivity contribution in [2.24, 2.45) is 5.92 Å². The fourth-order valence-corrected chi connectivity index (χ4v) is 1.46. The number of methoxy groups -OCH3 is 1. The summed E-state index contributed by atoms with van der Waals surface area (Å²) in [6.45, 7) is 7.77. The van der Waals surface area contributed by atoms with Gasteiger partial charge in [0.2, 0.25) is 0 Å². The first-order valence-corrected chi connectivity index (χ1v) is 6.08. The van der Waals surface area contributed by atoms with E-state index < -0.39 is 0 Å². The predicted molar refractivity (Wildman–Crippen MR) is 68.4 cm³/mol. The highest BCUT2D eigenvalue weighted by Gasteiger charge is 2.09. The molecule has 0 aromatic rings. The van der Waals surface area contributed by atoms with Gasteiger partial charge in [-0.25, -0.2) is 0 Å². The van der Waals surface area contributed by atoms with Gasteiger partial charge in [-0.1, -0.05) is 12.8 Å². The van der Waals surface area contributed by atoms with Gasteiger partial charge in [-0.15, -0.1) is 12.3 Å². The van der Waals surface area contributed by atoms with Crippen LogP contribution in [-0.2, 0) is 9.47 Å². The Kier molecular flexibility index (Phi) is 8.33. The van der Waals surface area contributed by atoms with Crippen LogP contribution in [0.5, 0.6) is 0 Å². The predicted octanol–water partition coefficient (Wildman–Crippen LogP) is 3.26. The monoisotopic (exact) mass is 226 g/mol. The molecule has 0 aliphatic heterocycles. The molecule has 0 spiro atoms. The topological polar surface area (TPSA) is 18.5 Å². The van der Waals surface area contributed by atoms with E-state index in [9.17, 15) is 0 Å². The number of ether oxygens (including phenoxy) is 2. The molecule has 0 rings (SSSR count). The van der Waals surface area contributed by atoms with Crippen LogP contribution in [0, 0.1) is 18.3 Å². The van der Waals surface area contributed by atoms with E-state index >= 15 is 0 Å². The normalized spacial score (nSPS) is 13.4. The Labute approximate surface area is 101 Å². The molecule has 0 aromatic heterocycles. The van der Waals surface area contributed by atoms with E-state index in [0.717, 1.165) is 25.9 Å². The van der Waals surface area contributed by atoms with Gasteiger partial charge in [0.15, 0.2) is 0 Å². The van der Waals surface area contributed by atoms with Crippen molar-refractivity contribution in [1.82, 2.24) is 0 Å². The van der Waals surface area contributed by atoms with Gasteiger partial charge in [0.05, 0.1) is 12.2 Å². The Morgan fingerprint density at radius 1 is 1.19 bits per heavy atom. The third-order valence-electron chi connectivity index (χ3n) is 2.34. The molecular formula is C14H26O2. The van der Waals surface area contributed by atoms with Crippen LogP contribution in [0.15, 0.2) is 0 Å². The van der Waals surface area contributed by atoms with E-state index in [1.165, 1.54) is 6.42 Å². The third kappa shape index (κ3) is 10.0. The molecule has 0 saturated heterocycles. The van der Waals surface area contributed by atoms with E-state index in [1.54, 1.807) is 7.11 Å². The number of hydrogen-bond acceptors (Lipinski definition) is 2. The molecule has 0 saturated carbocycles. The van der Waals surface area contributed by atoms with E-state index in [-0.39, 0.29) is 11.5 Å². The van der Waals surface area contributed by atoms with Crippen molar-refractivity contribution in [2.75, 3.05) is 20.3 Å². The highest BCUT2D eigenvalue weighted by molar-refractivity contribution is 4.92. The van der Waals surface area contributed by atoms with Crippen molar-refractivity contribution in [1.29, 1.82) is 0 Å². The molecule has 1 atom stereocenters. The van der Waals surface area contributed by atoms with E-state index in [4.69, 9.17) is 15.9 Å².